The lowest BCUT2D eigenvalue weighted by atomic mass is 10.0. The number of hydrogen-bond donors (Lipinski definition) is 2. The molecule has 0 saturated carbocycles. The van der Waals surface area contributed by atoms with Gasteiger partial charge in [0.05, 0.1) is 12.2 Å². The molecule has 0 bridgehead atoms. The highest BCUT2D eigenvalue weighted by Crippen LogP contribution is 2.34. The summed E-state index contributed by atoms with van der Waals surface area (Å²) in [6, 6.07) is 19.1. The summed E-state index contributed by atoms with van der Waals surface area (Å²) in [7, 11) is 0. The van der Waals surface area contributed by atoms with E-state index in [4.69, 9.17) is 0 Å². The van der Waals surface area contributed by atoms with Crippen LogP contribution < -0.4 is 5.32 Å². The van der Waals surface area contributed by atoms with Gasteiger partial charge in [0.2, 0.25) is 0 Å². The first kappa shape index (κ1) is 19.8. The van der Waals surface area contributed by atoms with E-state index in [1.807, 2.05) is 54.6 Å². The maximum absolute atomic E-state index is 12.5. The van der Waals surface area contributed by atoms with E-state index in [0.717, 1.165) is 29.7 Å². The van der Waals surface area contributed by atoms with E-state index in [1.165, 1.54) is 16.9 Å². The highest BCUT2D eigenvalue weighted by atomic mass is 32.1. The quantitative estimate of drug-likeness (QED) is 0.454. The Kier molecular flexibility index (Phi) is 6.61. The van der Waals surface area contributed by atoms with Crippen LogP contribution in [0.1, 0.15) is 45.4 Å². The molecular weight excluding hydrogens is 370 g/mol. The molecule has 5 heteroatoms. The SMILES string of the molecule is CCCCc1ccc(C(=O)CNc2cc(-c3ccccc3)sc2C(=O)O)cc1. The second-order valence-corrected chi connectivity index (χ2v) is 7.65. The van der Waals surface area contributed by atoms with E-state index in [0.29, 0.717) is 11.3 Å². The monoisotopic (exact) mass is 393 g/mol. The van der Waals surface area contributed by atoms with Gasteiger partial charge in [-0.1, -0.05) is 67.9 Å². The minimum atomic E-state index is -0.998. The van der Waals surface area contributed by atoms with Gasteiger partial charge in [0.15, 0.2) is 5.78 Å². The van der Waals surface area contributed by atoms with E-state index in [1.54, 1.807) is 6.07 Å². The molecule has 0 aliphatic carbocycles. The maximum atomic E-state index is 12.5. The fourth-order valence-electron chi connectivity index (χ4n) is 2.94. The van der Waals surface area contributed by atoms with Gasteiger partial charge >= 0.3 is 5.97 Å². The number of nitrogens with one attached hydrogen (secondary N) is 1. The summed E-state index contributed by atoms with van der Waals surface area (Å²) in [4.78, 5) is 25.1. The first-order valence-electron chi connectivity index (χ1n) is 9.37. The predicted molar refractivity (Wildman–Crippen MR) is 115 cm³/mol. The molecule has 0 unspecified atom stereocenters. The molecule has 0 fully saturated rings. The van der Waals surface area contributed by atoms with Gasteiger partial charge in [0.25, 0.3) is 0 Å². The van der Waals surface area contributed by atoms with Crippen LogP contribution in [0.15, 0.2) is 60.7 Å². The Bertz CT molecular complexity index is 946. The molecule has 0 aliphatic rings. The van der Waals surface area contributed by atoms with Crippen molar-refractivity contribution in [1.29, 1.82) is 0 Å². The van der Waals surface area contributed by atoms with E-state index < -0.39 is 5.97 Å². The molecule has 0 atom stereocenters. The van der Waals surface area contributed by atoms with Crippen molar-refractivity contribution in [3.63, 3.8) is 0 Å². The number of aromatic carboxylic acids is 1. The third-order valence-corrected chi connectivity index (χ3v) is 5.69. The van der Waals surface area contributed by atoms with Gasteiger partial charge in [0, 0.05) is 10.4 Å². The third-order valence-electron chi connectivity index (χ3n) is 4.52. The summed E-state index contributed by atoms with van der Waals surface area (Å²) in [6.07, 6.45) is 3.29. The van der Waals surface area contributed by atoms with Crippen molar-refractivity contribution in [2.75, 3.05) is 11.9 Å². The van der Waals surface area contributed by atoms with Crippen LogP contribution in [0.3, 0.4) is 0 Å². The molecule has 0 spiro atoms. The molecule has 0 amide bonds. The number of benzene rings is 2. The van der Waals surface area contributed by atoms with Gasteiger partial charge in [0.1, 0.15) is 4.88 Å². The Morgan fingerprint density at radius 2 is 1.75 bits per heavy atom. The zero-order valence-electron chi connectivity index (χ0n) is 15.8. The zero-order chi connectivity index (χ0) is 19.9. The molecule has 0 saturated heterocycles. The van der Waals surface area contributed by atoms with E-state index >= 15 is 0 Å². The van der Waals surface area contributed by atoms with Crippen molar-refractivity contribution in [2.45, 2.75) is 26.2 Å². The van der Waals surface area contributed by atoms with Crippen molar-refractivity contribution in [2.24, 2.45) is 0 Å². The average molecular weight is 394 g/mol. The first-order chi connectivity index (χ1) is 13.6. The highest BCUT2D eigenvalue weighted by Gasteiger charge is 2.17. The van der Waals surface area contributed by atoms with Crippen molar-refractivity contribution in [3.05, 3.63) is 76.7 Å². The van der Waals surface area contributed by atoms with Crippen LogP contribution in [0.5, 0.6) is 0 Å². The molecular formula is C23H23NO3S. The summed E-state index contributed by atoms with van der Waals surface area (Å²) < 4.78 is 0. The molecule has 144 valence electrons. The number of carboxylic acid groups (broad SMARTS) is 1. The summed E-state index contributed by atoms with van der Waals surface area (Å²) in [5.74, 6) is -1.06. The Morgan fingerprint density at radius 3 is 2.39 bits per heavy atom. The molecule has 2 aromatic carbocycles. The summed E-state index contributed by atoms with van der Waals surface area (Å²) in [6.45, 7) is 2.21. The van der Waals surface area contributed by atoms with Crippen LogP contribution in [0.2, 0.25) is 0 Å². The minimum absolute atomic E-state index is 0.0551. The molecule has 1 heterocycles. The third kappa shape index (κ3) is 4.87. The van der Waals surface area contributed by atoms with Crippen LogP contribution in [0, 0.1) is 0 Å². The van der Waals surface area contributed by atoms with Crippen LogP contribution in [0.4, 0.5) is 5.69 Å². The van der Waals surface area contributed by atoms with Crippen LogP contribution in [-0.4, -0.2) is 23.4 Å². The Balaban J connectivity index is 1.70. The Morgan fingerprint density at radius 1 is 1.04 bits per heavy atom. The highest BCUT2D eigenvalue weighted by molar-refractivity contribution is 7.18. The molecule has 4 nitrogen and oxygen atoms in total. The molecule has 0 radical (unpaired) electrons. The number of carbonyl (C=O) groups is 2. The van der Waals surface area contributed by atoms with E-state index in [-0.39, 0.29) is 17.2 Å². The van der Waals surface area contributed by atoms with Gasteiger partial charge in [-0.25, -0.2) is 4.79 Å². The lowest BCUT2D eigenvalue weighted by Crippen LogP contribution is -2.15. The van der Waals surface area contributed by atoms with Gasteiger partial charge in [-0.05, 0) is 30.0 Å². The molecule has 3 aromatic rings. The van der Waals surface area contributed by atoms with Gasteiger partial charge < -0.3 is 10.4 Å². The number of hydrogen-bond acceptors (Lipinski definition) is 4. The van der Waals surface area contributed by atoms with Crippen LogP contribution in [0.25, 0.3) is 10.4 Å². The fourth-order valence-corrected chi connectivity index (χ4v) is 3.92. The number of aryl methyl sites for hydroxylation is 1. The van der Waals surface area contributed by atoms with Gasteiger partial charge in [-0.3, -0.25) is 4.79 Å². The standard InChI is InChI=1S/C23H23NO3S/c1-2-3-7-16-10-12-17(13-11-16)20(25)15-24-19-14-21(28-22(19)23(26)27)18-8-5-4-6-9-18/h4-6,8-14,24H,2-3,7,15H2,1H3,(H,26,27). The van der Waals surface area contributed by atoms with Gasteiger partial charge in [-0.15, -0.1) is 11.3 Å². The molecule has 28 heavy (non-hydrogen) atoms. The number of carbonyl (C=O) groups excluding carboxylic acids is 1. The van der Waals surface area contributed by atoms with Crippen molar-refractivity contribution in [1.82, 2.24) is 0 Å². The second kappa shape index (κ2) is 9.33. The summed E-state index contributed by atoms with van der Waals surface area (Å²) >= 11 is 1.20. The average Bonchev–Trinajstić information content (AvgIpc) is 3.16. The number of carboxylic acids is 1. The van der Waals surface area contributed by atoms with Crippen molar-refractivity contribution in [3.8, 4) is 10.4 Å². The molecule has 1 aromatic heterocycles. The van der Waals surface area contributed by atoms with Crippen LogP contribution in [-0.2, 0) is 6.42 Å². The Labute approximate surface area is 168 Å². The lowest BCUT2D eigenvalue weighted by molar-refractivity contribution is 0.0702. The molecule has 3 rings (SSSR count). The normalized spacial score (nSPS) is 10.6. The van der Waals surface area contributed by atoms with Crippen molar-refractivity contribution >= 4 is 28.8 Å². The minimum Gasteiger partial charge on any atom is -0.477 e. The Hall–Kier alpha value is -2.92. The number of Topliss-reactive ketones (excluding diaryl/α,β-unsaturated/α-hetero) is 1. The first-order valence-corrected chi connectivity index (χ1v) is 10.2. The summed E-state index contributed by atoms with van der Waals surface area (Å²) in [5.41, 5.74) is 3.29. The number of unbranched alkanes of at least 4 members (excludes halogenated alkanes) is 1. The van der Waals surface area contributed by atoms with Crippen LogP contribution >= 0.6 is 11.3 Å². The van der Waals surface area contributed by atoms with E-state index in [2.05, 4.69) is 12.2 Å². The van der Waals surface area contributed by atoms with Gasteiger partial charge in [-0.2, -0.15) is 0 Å². The van der Waals surface area contributed by atoms with Crippen molar-refractivity contribution < 1.29 is 14.7 Å². The van der Waals surface area contributed by atoms with E-state index in [9.17, 15) is 14.7 Å². The number of thiophene rings is 1. The predicted octanol–water partition coefficient (Wildman–Crippen LogP) is 5.75. The number of rotatable bonds is 9. The smallest absolute Gasteiger partial charge is 0.348 e. The summed E-state index contributed by atoms with van der Waals surface area (Å²) in [5, 5.41) is 12.5. The molecule has 0 aliphatic heterocycles. The second-order valence-electron chi connectivity index (χ2n) is 6.60. The fraction of sp³-hybridized carbons (Fsp3) is 0.217. The maximum Gasteiger partial charge on any atom is 0.348 e. The zero-order valence-corrected chi connectivity index (χ0v) is 16.6. The molecule has 2 N–H and O–H groups in total. The largest absolute Gasteiger partial charge is 0.477 e. The lowest BCUT2D eigenvalue weighted by Gasteiger charge is -2.06. The number of ketones is 1. The number of anilines is 1. The topological polar surface area (TPSA) is 66.4 Å².